The first kappa shape index (κ1) is 35.6. The van der Waals surface area contributed by atoms with Gasteiger partial charge in [-0.15, -0.1) is 0 Å². The Morgan fingerprint density at radius 2 is 0.887 bits per heavy atom. The number of nitrogens with zero attached hydrogens (tertiary/aromatic N) is 1. The highest BCUT2D eigenvalue weighted by molar-refractivity contribution is 6.22. The molecule has 0 saturated heterocycles. The van der Waals surface area contributed by atoms with Gasteiger partial charge < -0.3 is 19.1 Å². The minimum absolute atomic E-state index is 0.825. The highest BCUT2D eigenvalue weighted by Gasteiger charge is 2.23. The van der Waals surface area contributed by atoms with Crippen molar-refractivity contribution in [2.24, 2.45) is 0 Å². The van der Waals surface area contributed by atoms with Crippen molar-refractivity contribution in [1.82, 2.24) is 0 Å². The second kappa shape index (κ2) is 14.7. The van der Waals surface area contributed by atoms with Crippen LogP contribution in [0.25, 0.3) is 88.0 Å². The van der Waals surface area contributed by atoms with Gasteiger partial charge in [-0.2, -0.15) is 0 Å². The number of fused-ring (bicyclic) bond motifs is 8. The normalized spacial score (nSPS) is 11.5. The highest BCUT2D eigenvalue weighted by atomic mass is 16.3. The van der Waals surface area contributed by atoms with Gasteiger partial charge in [-0.3, -0.25) is 0 Å². The van der Waals surface area contributed by atoms with E-state index in [1.54, 1.807) is 0 Å². The van der Waals surface area contributed by atoms with Gasteiger partial charge in [0.2, 0.25) is 0 Å². The predicted octanol–water partition coefficient (Wildman–Crippen LogP) is 16.9. The molecule has 12 rings (SSSR count). The first-order valence-corrected chi connectivity index (χ1v) is 21.0. The fraction of sp³-hybridized carbons (Fsp3) is 0. The third kappa shape index (κ3) is 6.08. The molecule has 0 amide bonds. The molecule has 0 atom stereocenters. The van der Waals surface area contributed by atoms with Crippen LogP contribution in [0.2, 0.25) is 0 Å². The van der Waals surface area contributed by atoms with Crippen molar-refractivity contribution in [1.29, 1.82) is 0 Å². The van der Waals surface area contributed by atoms with Crippen molar-refractivity contribution in [2.45, 2.75) is 0 Å². The molecule has 0 aliphatic heterocycles. The maximum atomic E-state index is 7.01. The number of furan rings is 2. The monoisotopic (exact) mass is 794 g/mol. The van der Waals surface area contributed by atoms with Crippen LogP contribution in [0.5, 0.6) is 0 Å². The van der Waals surface area contributed by atoms with Crippen LogP contribution in [0.15, 0.2) is 233 Å². The largest absolute Gasteiger partial charge is 0.456 e. The van der Waals surface area contributed by atoms with Gasteiger partial charge >= 0.3 is 0 Å². The molecule has 0 bridgehead atoms. The number of nitrogens with one attached hydrogen (secondary N) is 1. The third-order valence-electron chi connectivity index (χ3n) is 12.1. The minimum Gasteiger partial charge on any atom is -0.456 e. The number of rotatable bonds is 8. The van der Waals surface area contributed by atoms with E-state index >= 15 is 0 Å². The van der Waals surface area contributed by atoms with Gasteiger partial charge in [0.15, 0.2) is 5.58 Å². The first-order chi connectivity index (χ1) is 30.7. The molecule has 0 spiro atoms. The Bertz CT molecular complexity index is 3570. The summed E-state index contributed by atoms with van der Waals surface area (Å²) in [6.45, 7) is 0. The molecule has 0 radical (unpaired) electrons. The van der Waals surface area contributed by atoms with E-state index in [1.165, 1.54) is 16.7 Å². The van der Waals surface area contributed by atoms with Crippen molar-refractivity contribution >= 4 is 83.1 Å². The van der Waals surface area contributed by atoms with E-state index < -0.39 is 0 Å². The van der Waals surface area contributed by atoms with E-state index in [2.05, 4.69) is 223 Å². The summed E-state index contributed by atoms with van der Waals surface area (Å²) in [5.74, 6) is 0. The van der Waals surface area contributed by atoms with Gasteiger partial charge in [0.05, 0.1) is 11.4 Å². The molecule has 4 nitrogen and oxygen atoms in total. The van der Waals surface area contributed by atoms with Crippen molar-refractivity contribution < 1.29 is 8.83 Å². The second-order valence-corrected chi connectivity index (χ2v) is 15.7. The van der Waals surface area contributed by atoms with Crippen LogP contribution >= 0.6 is 0 Å². The Morgan fingerprint density at radius 1 is 0.339 bits per heavy atom. The Hall–Kier alpha value is -8.34. The molecule has 12 aromatic rings. The Labute approximate surface area is 358 Å². The van der Waals surface area contributed by atoms with Gasteiger partial charge in [0.25, 0.3) is 0 Å². The van der Waals surface area contributed by atoms with E-state index in [9.17, 15) is 0 Å². The lowest BCUT2D eigenvalue weighted by Crippen LogP contribution is -2.10. The molecule has 4 heteroatoms. The van der Waals surface area contributed by atoms with Crippen LogP contribution in [0, 0.1) is 0 Å². The Morgan fingerprint density at radius 3 is 1.58 bits per heavy atom. The predicted molar refractivity (Wildman–Crippen MR) is 259 cm³/mol. The summed E-state index contributed by atoms with van der Waals surface area (Å²) in [4.78, 5) is 2.32. The Kier molecular flexibility index (Phi) is 8.46. The summed E-state index contributed by atoms with van der Waals surface area (Å²) in [5, 5.41) is 10.2. The molecule has 0 saturated carbocycles. The molecule has 0 aliphatic rings. The molecule has 292 valence electrons. The summed E-state index contributed by atoms with van der Waals surface area (Å²) in [5.41, 5.74) is 15.2. The molecule has 0 fully saturated rings. The van der Waals surface area contributed by atoms with E-state index in [0.717, 1.165) is 99.8 Å². The average molecular weight is 795 g/mol. The van der Waals surface area contributed by atoms with Gasteiger partial charge in [-0.1, -0.05) is 170 Å². The summed E-state index contributed by atoms with van der Waals surface area (Å²) in [6.07, 6.45) is 0. The Balaban J connectivity index is 1.02. The maximum Gasteiger partial charge on any atom is 0.159 e. The van der Waals surface area contributed by atoms with Crippen LogP contribution in [0.4, 0.5) is 28.4 Å². The zero-order chi connectivity index (χ0) is 41.0. The molecule has 0 aliphatic carbocycles. The standard InChI is InChI=1S/C58H38N2O2/c1-4-14-38(15-5-1)40-26-30-43(31-27-40)59-52-37-55-56(48-21-11-10-20-47(48)52)51-36-45(34-35-54(51)61-55)60(44-32-28-41(29-33-44)39-16-6-2-7-17-39)53-25-13-24-50-49-23-12-22-46(57(49)62-58(50)53)42-18-8-3-9-19-42/h1-37,59H. The fourth-order valence-corrected chi connectivity index (χ4v) is 9.09. The molecule has 0 unspecified atom stereocenters. The second-order valence-electron chi connectivity index (χ2n) is 15.7. The lowest BCUT2D eigenvalue weighted by atomic mass is 10.0. The van der Waals surface area contributed by atoms with Crippen molar-refractivity contribution in [2.75, 3.05) is 10.2 Å². The number of hydrogen-bond donors (Lipinski definition) is 1. The van der Waals surface area contributed by atoms with Gasteiger partial charge in [0.1, 0.15) is 16.7 Å². The zero-order valence-electron chi connectivity index (χ0n) is 33.6. The smallest absolute Gasteiger partial charge is 0.159 e. The maximum absolute atomic E-state index is 7.01. The van der Waals surface area contributed by atoms with E-state index in [1.807, 2.05) is 12.1 Å². The summed E-state index contributed by atoms with van der Waals surface area (Å²) >= 11 is 0. The van der Waals surface area contributed by atoms with Gasteiger partial charge in [-0.05, 0) is 81.7 Å². The SMILES string of the molecule is c1ccc(-c2ccc(Nc3cc4oc5ccc(N(c6ccc(-c7ccccc7)cc6)c6cccc7c6oc6c(-c8ccccc8)cccc67)cc5c4c4ccccc34)cc2)cc1. The zero-order valence-corrected chi connectivity index (χ0v) is 33.6. The highest BCUT2D eigenvalue weighted by Crippen LogP contribution is 2.47. The van der Waals surface area contributed by atoms with E-state index in [4.69, 9.17) is 8.83 Å². The lowest BCUT2D eigenvalue weighted by molar-refractivity contribution is 0.669. The number of hydrogen-bond acceptors (Lipinski definition) is 4. The summed E-state index contributed by atoms with van der Waals surface area (Å²) < 4.78 is 13.7. The molecule has 1 N–H and O–H groups in total. The quantitative estimate of drug-likeness (QED) is 0.166. The van der Waals surface area contributed by atoms with Crippen LogP contribution in [0.3, 0.4) is 0 Å². The van der Waals surface area contributed by atoms with E-state index in [0.29, 0.717) is 0 Å². The number of para-hydroxylation sites is 2. The van der Waals surface area contributed by atoms with Crippen molar-refractivity contribution in [3.05, 3.63) is 224 Å². The van der Waals surface area contributed by atoms with Crippen LogP contribution in [0.1, 0.15) is 0 Å². The van der Waals surface area contributed by atoms with Gasteiger partial charge in [-0.25, -0.2) is 0 Å². The molecular weight excluding hydrogens is 757 g/mol. The number of anilines is 5. The molecule has 2 heterocycles. The van der Waals surface area contributed by atoms with E-state index in [-0.39, 0.29) is 0 Å². The van der Waals surface area contributed by atoms with Crippen LogP contribution in [-0.4, -0.2) is 0 Å². The minimum atomic E-state index is 0.825. The lowest BCUT2D eigenvalue weighted by Gasteiger charge is -2.26. The summed E-state index contributed by atoms with van der Waals surface area (Å²) in [6, 6.07) is 79.0. The topological polar surface area (TPSA) is 41.6 Å². The fourth-order valence-electron chi connectivity index (χ4n) is 9.09. The third-order valence-corrected chi connectivity index (χ3v) is 12.1. The molecule has 62 heavy (non-hydrogen) atoms. The first-order valence-electron chi connectivity index (χ1n) is 21.0. The van der Waals surface area contributed by atoms with Crippen molar-refractivity contribution in [3.63, 3.8) is 0 Å². The van der Waals surface area contributed by atoms with Crippen LogP contribution < -0.4 is 10.2 Å². The molecule has 2 aromatic heterocycles. The molecular formula is C58H38N2O2. The van der Waals surface area contributed by atoms with Gasteiger partial charge in [0, 0.05) is 55.6 Å². The molecule has 10 aromatic carbocycles. The average Bonchev–Trinajstić information content (AvgIpc) is 3.92. The van der Waals surface area contributed by atoms with Crippen molar-refractivity contribution in [3.8, 4) is 33.4 Å². The van der Waals surface area contributed by atoms with Crippen LogP contribution in [-0.2, 0) is 0 Å². The summed E-state index contributed by atoms with van der Waals surface area (Å²) in [7, 11) is 0. The number of benzene rings is 10.